The van der Waals surface area contributed by atoms with Gasteiger partial charge in [-0.2, -0.15) is 15.0 Å². The third-order valence-corrected chi connectivity index (χ3v) is 1.94. The van der Waals surface area contributed by atoms with E-state index in [1.807, 2.05) is 13.8 Å². The number of nitrogens with one attached hydrogen (secondary N) is 2. The van der Waals surface area contributed by atoms with Crippen LogP contribution in [0.4, 0.5) is 11.9 Å². The van der Waals surface area contributed by atoms with Crippen LogP contribution in [0.2, 0.25) is 0 Å². The van der Waals surface area contributed by atoms with E-state index in [4.69, 9.17) is 15.7 Å². The lowest BCUT2D eigenvalue weighted by molar-refractivity contribution is 0.244. The second-order valence-electron chi connectivity index (χ2n) is 3.51. The van der Waals surface area contributed by atoms with Crippen LogP contribution in [0.15, 0.2) is 0 Å². The predicted molar refractivity (Wildman–Crippen MR) is 63.5 cm³/mol. The summed E-state index contributed by atoms with van der Waals surface area (Å²) in [5.41, 5.74) is 2.34. The lowest BCUT2D eigenvalue weighted by atomic mass is 10.2. The lowest BCUT2D eigenvalue weighted by Crippen LogP contribution is -2.18. The molecule has 0 spiro atoms. The highest BCUT2D eigenvalue weighted by atomic mass is 16.5. The maximum Gasteiger partial charge on any atom is 0.323 e. The first-order valence-electron chi connectivity index (χ1n) is 5.39. The maximum atomic E-state index is 8.90. The first kappa shape index (κ1) is 13.4. The third-order valence-electron chi connectivity index (χ3n) is 1.94. The summed E-state index contributed by atoms with van der Waals surface area (Å²) in [5.74, 6) is 5.93. The minimum absolute atomic E-state index is 0.0956. The smallest absolute Gasteiger partial charge is 0.323 e. The number of aliphatic hydroxyl groups is 1. The standard InChI is InChI=1S/C9H18N6O2/c1-3-17-9-13-7(11-4-6(2)5-16)12-8(14-9)15-10/h6,16H,3-5,10H2,1-2H3,(H2,11,12,13,14,15). The average molecular weight is 242 g/mol. The Morgan fingerprint density at radius 3 is 2.65 bits per heavy atom. The molecule has 0 bridgehead atoms. The number of hydrogen-bond acceptors (Lipinski definition) is 8. The molecule has 5 N–H and O–H groups in total. The van der Waals surface area contributed by atoms with Crippen LogP contribution in [0.5, 0.6) is 6.01 Å². The topological polar surface area (TPSA) is 118 Å². The Morgan fingerprint density at radius 1 is 1.35 bits per heavy atom. The van der Waals surface area contributed by atoms with Crippen molar-refractivity contribution in [3.63, 3.8) is 0 Å². The van der Waals surface area contributed by atoms with Crippen molar-refractivity contribution < 1.29 is 9.84 Å². The molecule has 1 aromatic heterocycles. The highest BCUT2D eigenvalue weighted by Crippen LogP contribution is 2.10. The molecule has 0 radical (unpaired) electrons. The number of anilines is 2. The summed E-state index contributed by atoms with van der Waals surface area (Å²) in [6.45, 7) is 4.84. The van der Waals surface area contributed by atoms with Crippen molar-refractivity contribution in [1.29, 1.82) is 0 Å². The summed E-state index contributed by atoms with van der Waals surface area (Å²) in [4.78, 5) is 12.0. The molecule has 8 nitrogen and oxygen atoms in total. The maximum absolute atomic E-state index is 8.90. The van der Waals surface area contributed by atoms with Gasteiger partial charge in [0, 0.05) is 13.2 Å². The summed E-state index contributed by atoms with van der Waals surface area (Å²) in [6.07, 6.45) is 0. The van der Waals surface area contributed by atoms with Crippen LogP contribution >= 0.6 is 0 Å². The van der Waals surface area contributed by atoms with Gasteiger partial charge in [-0.3, -0.25) is 5.43 Å². The average Bonchev–Trinajstić information content (AvgIpc) is 2.36. The molecular weight excluding hydrogens is 224 g/mol. The number of nitrogens with zero attached hydrogens (tertiary/aromatic N) is 3. The first-order valence-corrected chi connectivity index (χ1v) is 5.39. The quantitative estimate of drug-likeness (QED) is 0.376. The van der Waals surface area contributed by atoms with Gasteiger partial charge in [-0.25, -0.2) is 5.84 Å². The molecule has 1 aromatic rings. The molecule has 1 heterocycles. The highest BCUT2D eigenvalue weighted by Gasteiger charge is 2.07. The van der Waals surface area contributed by atoms with E-state index in [0.717, 1.165) is 0 Å². The zero-order valence-corrected chi connectivity index (χ0v) is 9.97. The van der Waals surface area contributed by atoms with E-state index >= 15 is 0 Å². The van der Waals surface area contributed by atoms with Crippen LogP contribution in [0.25, 0.3) is 0 Å². The molecule has 0 aliphatic carbocycles. The minimum Gasteiger partial charge on any atom is -0.464 e. The third kappa shape index (κ3) is 4.37. The van der Waals surface area contributed by atoms with Crippen LogP contribution < -0.4 is 21.3 Å². The van der Waals surface area contributed by atoms with Gasteiger partial charge in [-0.05, 0) is 12.8 Å². The van der Waals surface area contributed by atoms with Crippen molar-refractivity contribution in [3.8, 4) is 6.01 Å². The molecule has 0 saturated heterocycles. The van der Waals surface area contributed by atoms with Crippen molar-refractivity contribution in [2.45, 2.75) is 13.8 Å². The molecule has 0 aliphatic heterocycles. The Morgan fingerprint density at radius 2 is 2.06 bits per heavy atom. The second kappa shape index (κ2) is 6.81. The molecule has 17 heavy (non-hydrogen) atoms. The van der Waals surface area contributed by atoms with Gasteiger partial charge in [-0.15, -0.1) is 0 Å². The van der Waals surface area contributed by atoms with Crippen LogP contribution in [0, 0.1) is 5.92 Å². The number of aliphatic hydroxyl groups excluding tert-OH is 1. The largest absolute Gasteiger partial charge is 0.464 e. The molecule has 1 atom stereocenters. The Kier molecular flexibility index (Phi) is 5.37. The van der Waals surface area contributed by atoms with Gasteiger partial charge in [-0.1, -0.05) is 6.92 Å². The van der Waals surface area contributed by atoms with E-state index in [9.17, 15) is 0 Å². The van der Waals surface area contributed by atoms with Gasteiger partial charge in [0.1, 0.15) is 0 Å². The van der Waals surface area contributed by atoms with Crippen molar-refractivity contribution in [1.82, 2.24) is 15.0 Å². The number of aromatic nitrogens is 3. The van der Waals surface area contributed by atoms with Gasteiger partial charge in [0.25, 0.3) is 0 Å². The van der Waals surface area contributed by atoms with E-state index in [2.05, 4.69) is 25.7 Å². The fourth-order valence-electron chi connectivity index (χ4n) is 1.02. The summed E-state index contributed by atoms with van der Waals surface area (Å²) in [6, 6.07) is 0.203. The second-order valence-corrected chi connectivity index (χ2v) is 3.51. The SMILES string of the molecule is CCOc1nc(NN)nc(NCC(C)CO)n1. The zero-order valence-electron chi connectivity index (χ0n) is 9.97. The molecule has 1 unspecified atom stereocenters. The van der Waals surface area contributed by atoms with Gasteiger partial charge >= 0.3 is 6.01 Å². The molecular formula is C9H18N6O2. The van der Waals surface area contributed by atoms with Gasteiger partial charge in [0.05, 0.1) is 6.61 Å². The summed E-state index contributed by atoms with van der Waals surface area (Å²) in [7, 11) is 0. The van der Waals surface area contributed by atoms with Gasteiger partial charge < -0.3 is 15.2 Å². The summed E-state index contributed by atoms with van der Waals surface area (Å²) >= 11 is 0. The molecule has 0 amide bonds. The molecule has 0 aromatic carbocycles. The van der Waals surface area contributed by atoms with E-state index in [1.54, 1.807) is 0 Å². The molecule has 8 heteroatoms. The van der Waals surface area contributed by atoms with E-state index < -0.39 is 0 Å². The van der Waals surface area contributed by atoms with Crippen molar-refractivity contribution in [2.75, 3.05) is 30.5 Å². The monoisotopic (exact) mass is 242 g/mol. The van der Waals surface area contributed by atoms with E-state index in [-0.39, 0.29) is 24.5 Å². The first-order chi connectivity index (χ1) is 8.19. The van der Waals surface area contributed by atoms with Crippen LogP contribution in [0.1, 0.15) is 13.8 Å². The number of hydrazine groups is 1. The molecule has 1 rings (SSSR count). The van der Waals surface area contributed by atoms with E-state index in [0.29, 0.717) is 19.1 Å². The van der Waals surface area contributed by atoms with Crippen molar-refractivity contribution in [2.24, 2.45) is 11.8 Å². The number of nitrogens with two attached hydrogens (primary N) is 1. The van der Waals surface area contributed by atoms with Crippen molar-refractivity contribution in [3.05, 3.63) is 0 Å². The Hall–Kier alpha value is -1.67. The molecule has 0 aliphatic rings. The number of rotatable bonds is 7. The Labute approximate surface area is 99.6 Å². The van der Waals surface area contributed by atoms with Gasteiger partial charge in [0.2, 0.25) is 11.9 Å². The summed E-state index contributed by atoms with van der Waals surface area (Å²) in [5, 5.41) is 11.9. The molecule has 0 saturated carbocycles. The number of hydrogen-bond donors (Lipinski definition) is 4. The highest BCUT2D eigenvalue weighted by molar-refractivity contribution is 5.34. The zero-order chi connectivity index (χ0) is 12.7. The summed E-state index contributed by atoms with van der Waals surface area (Å²) < 4.78 is 5.17. The van der Waals surface area contributed by atoms with Gasteiger partial charge in [0.15, 0.2) is 0 Å². The molecule has 0 fully saturated rings. The predicted octanol–water partition coefficient (Wildman–Crippen LogP) is -0.404. The molecule has 96 valence electrons. The lowest BCUT2D eigenvalue weighted by Gasteiger charge is -2.11. The van der Waals surface area contributed by atoms with Crippen molar-refractivity contribution >= 4 is 11.9 Å². The minimum atomic E-state index is 0.0956. The van der Waals surface area contributed by atoms with Crippen LogP contribution in [-0.4, -0.2) is 39.8 Å². The fraction of sp³-hybridized carbons (Fsp3) is 0.667. The fourth-order valence-corrected chi connectivity index (χ4v) is 1.02. The normalized spacial score (nSPS) is 12.0. The van der Waals surface area contributed by atoms with Crippen LogP contribution in [0.3, 0.4) is 0 Å². The Balaban J connectivity index is 2.72. The van der Waals surface area contributed by atoms with Crippen LogP contribution in [-0.2, 0) is 0 Å². The van der Waals surface area contributed by atoms with E-state index in [1.165, 1.54) is 0 Å². The number of nitrogen functional groups attached to an aromatic ring is 1. The number of ether oxygens (including phenoxy) is 1. The Bertz CT molecular complexity index is 348.